The quantitative estimate of drug-likeness (QED) is 0.714. The second-order valence-electron chi connectivity index (χ2n) is 7.76. The number of nitrogens with zero attached hydrogens (tertiary/aromatic N) is 2. The monoisotopic (exact) mass is 383 g/mol. The van der Waals surface area contributed by atoms with Crippen molar-refractivity contribution in [1.82, 2.24) is 9.88 Å². The number of likely N-dealkylation sites (tertiary alicyclic amines) is 1. The van der Waals surface area contributed by atoms with E-state index in [1.54, 1.807) is 25.3 Å². The van der Waals surface area contributed by atoms with Crippen LogP contribution in [0.3, 0.4) is 0 Å². The number of carbonyl (C=O) groups excluding carboxylic acids is 1. The number of amides is 1. The number of rotatable bonds is 6. The van der Waals surface area contributed by atoms with E-state index in [1.165, 1.54) is 5.56 Å². The Morgan fingerprint density at radius 3 is 2.54 bits per heavy atom. The van der Waals surface area contributed by atoms with Gasteiger partial charge in [0.2, 0.25) is 0 Å². The molecule has 1 aromatic carbocycles. The molecule has 1 aliphatic rings. The Labute approximate surface area is 166 Å². The molecule has 28 heavy (non-hydrogen) atoms. The number of nitrogens with one attached hydrogen (secondary N) is 1. The topological polar surface area (TPSA) is 85.7 Å². The van der Waals surface area contributed by atoms with E-state index in [9.17, 15) is 15.0 Å². The lowest BCUT2D eigenvalue weighted by molar-refractivity contribution is 0.0760. The lowest BCUT2D eigenvalue weighted by Crippen LogP contribution is -2.42. The first-order valence-electron chi connectivity index (χ1n) is 9.85. The third kappa shape index (κ3) is 4.88. The van der Waals surface area contributed by atoms with Crippen molar-refractivity contribution in [2.45, 2.75) is 37.6 Å². The van der Waals surface area contributed by atoms with Crippen molar-refractivity contribution in [2.75, 3.05) is 31.6 Å². The molecule has 3 rings (SSSR count). The molecule has 0 unspecified atom stereocenters. The van der Waals surface area contributed by atoms with Crippen LogP contribution in [-0.2, 0) is 0 Å². The van der Waals surface area contributed by atoms with Gasteiger partial charge in [-0.25, -0.2) is 4.98 Å². The molecule has 6 heteroatoms. The maximum Gasteiger partial charge on any atom is 0.255 e. The minimum atomic E-state index is -0.851. The van der Waals surface area contributed by atoms with Crippen LogP contribution in [0.1, 0.15) is 48.0 Å². The molecule has 6 nitrogen and oxygen atoms in total. The molecular weight excluding hydrogens is 354 g/mol. The summed E-state index contributed by atoms with van der Waals surface area (Å²) in [7, 11) is 0. The Bertz CT molecular complexity index is 760. The molecule has 0 radical (unpaired) electrons. The van der Waals surface area contributed by atoms with Crippen LogP contribution >= 0.6 is 0 Å². The van der Waals surface area contributed by atoms with Gasteiger partial charge in [0.15, 0.2) is 0 Å². The molecule has 1 saturated heterocycles. The molecule has 1 atom stereocenters. The van der Waals surface area contributed by atoms with Crippen LogP contribution in [0.5, 0.6) is 0 Å². The first-order valence-corrected chi connectivity index (χ1v) is 9.85. The Morgan fingerprint density at radius 2 is 1.89 bits per heavy atom. The molecule has 1 fully saturated rings. The molecule has 150 valence electrons. The van der Waals surface area contributed by atoms with Gasteiger partial charge in [-0.2, -0.15) is 0 Å². The molecule has 0 bridgehead atoms. The Hall–Kier alpha value is -2.44. The summed E-state index contributed by atoms with van der Waals surface area (Å²) < 4.78 is 0. The number of hydrogen-bond donors (Lipinski definition) is 3. The molecule has 2 aromatic rings. The number of carbonyl (C=O) groups is 1. The maximum atomic E-state index is 12.9. The zero-order valence-electron chi connectivity index (χ0n) is 16.3. The van der Waals surface area contributed by atoms with Crippen molar-refractivity contribution in [1.29, 1.82) is 0 Å². The number of pyridine rings is 1. The largest absolute Gasteiger partial charge is 0.394 e. The van der Waals surface area contributed by atoms with Gasteiger partial charge in [0.05, 0.1) is 24.3 Å². The highest BCUT2D eigenvalue weighted by molar-refractivity contribution is 5.94. The van der Waals surface area contributed by atoms with E-state index in [4.69, 9.17) is 0 Å². The molecule has 0 aliphatic carbocycles. The van der Waals surface area contributed by atoms with E-state index < -0.39 is 5.54 Å². The van der Waals surface area contributed by atoms with Gasteiger partial charge in [-0.05, 0) is 49.8 Å². The summed E-state index contributed by atoms with van der Waals surface area (Å²) in [4.78, 5) is 19.1. The molecule has 0 spiro atoms. The van der Waals surface area contributed by atoms with Crippen molar-refractivity contribution in [3.63, 3.8) is 0 Å². The van der Waals surface area contributed by atoms with Crippen molar-refractivity contribution >= 4 is 11.7 Å². The second kappa shape index (κ2) is 9.17. The Balaban J connectivity index is 1.62. The number of aliphatic hydroxyl groups is 2. The van der Waals surface area contributed by atoms with E-state index in [2.05, 4.69) is 34.6 Å². The molecule has 0 saturated carbocycles. The zero-order valence-corrected chi connectivity index (χ0v) is 16.3. The summed E-state index contributed by atoms with van der Waals surface area (Å²) in [6.07, 6.45) is 4.60. The van der Waals surface area contributed by atoms with Crippen LogP contribution < -0.4 is 5.32 Å². The van der Waals surface area contributed by atoms with Gasteiger partial charge < -0.3 is 20.4 Å². The Kier molecular flexibility index (Phi) is 6.65. The van der Waals surface area contributed by atoms with Gasteiger partial charge in [-0.1, -0.05) is 30.3 Å². The van der Waals surface area contributed by atoms with E-state index in [1.807, 2.05) is 11.0 Å². The molecular formula is C22H29N3O3. The summed E-state index contributed by atoms with van der Waals surface area (Å²) in [5, 5.41) is 21.8. The average Bonchev–Trinajstić information content (AvgIpc) is 3.00. The van der Waals surface area contributed by atoms with Crippen LogP contribution in [-0.4, -0.2) is 57.8 Å². The molecule has 1 aromatic heterocycles. The summed E-state index contributed by atoms with van der Waals surface area (Å²) in [6.45, 7) is 2.76. The highest BCUT2D eigenvalue weighted by Gasteiger charge is 2.24. The van der Waals surface area contributed by atoms with Gasteiger partial charge >= 0.3 is 0 Å². The van der Waals surface area contributed by atoms with Gasteiger partial charge in [-0.15, -0.1) is 0 Å². The fraction of sp³-hybridized carbons (Fsp3) is 0.455. The lowest BCUT2D eigenvalue weighted by atomic mass is 9.92. The minimum Gasteiger partial charge on any atom is -0.394 e. The van der Waals surface area contributed by atoms with Crippen LogP contribution in [0.4, 0.5) is 5.82 Å². The first-order chi connectivity index (χ1) is 13.5. The van der Waals surface area contributed by atoms with Crippen molar-refractivity contribution in [3.05, 3.63) is 59.8 Å². The molecule has 2 heterocycles. The highest BCUT2D eigenvalue weighted by Crippen LogP contribution is 2.28. The van der Waals surface area contributed by atoms with Gasteiger partial charge in [0.1, 0.15) is 5.82 Å². The third-order valence-electron chi connectivity index (χ3n) is 5.42. The van der Waals surface area contributed by atoms with E-state index in [-0.39, 0.29) is 19.1 Å². The normalized spacial score (nSPS) is 17.8. The van der Waals surface area contributed by atoms with Crippen molar-refractivity contribution in [3.8, 4) is 0 Å². The van der Waals surface area contributed by atoms with Crippen LogP contribution in [0, 0.1) is 0 Å². The fourth-order valence-corrected chi connectivity index (χ4v) is 3.57. The van der Waals surface area contributed by atoms with Gasteiger partial charge in [0, 0.05) is 19.3 Å². The number of benzene rings is 1. The minimum absolute atomic E-state index is 0.000148. The smallest absolute Gasteiger partial charge is 0.255 e. The predicted molar refractivity (Wildman–Crippen MR) is 109 cm³/mol. The summed E-state index contributed by atoms with van der Waals surface area (Å²) in [5.41, 5.74) is 1.05. The Morgan fingerprint density at radius 1 is 1.14 bits per heavy atom. The number of aromatic nitrogens is 1. The van der Waals surface area contributed by atoms with Crippen LogP contribution in [0.25, 0.3) is 0 Å². The third-order valence-corrected chi connectivity index (χ3v) is 5.42. The second-order valence-corrected chi connectivity index (χ2v) is 7.76. The maximum absolute atomic E-state index is 12.9. The highest BCUT2D eigenvalue weighted by atomic mass is 16.3. The molecule has 1 amide bonds. The van der Waals surface area contributed by atoms with Crippen LogP contribution in [0.2, 0.25) is 0 Å². The zero-order chi connectivity index (χ0) is 20.0. The SMILES string of the molecule is CC(CO)(CO)Nc1ccc(C(=O)N2CCC[C@H](c3ccccc3)CC2)cn1. The number of anilines is 1. The fourth-order valence-electron chi connectivity index (χ4n) is 3.57. The number of hydrogen-bond acceptors (Lipinski definition) is 5. The van der Waals surface area contributed by atoms with Gasteiger partial charge in [-0.3, -0.25) is 4.79 Å². The number of aliphatic hydroxyl groups excluding tert-OH is 2. The first kappa shape index (κ1) is 20.3. The summed E-state index contributed by atoms with van der Waals surface area (Å²) in [5.74, 6) is 1.01. The molecule has 3 N–H and O–H groups in total. The molecule has 1 aliphatic heterocycles. The lowest BCUT2D eigenvalue weighted by Gasteiger charge is -2.27. The summed E-state index contributed by atoms with van der Waals surface area (Å²) in [6, 6.07) is 14.0. The van der Waals surface area contributed by atoms with E-state index in [0.29, 0.717) is 17.3 Å². The standard InChI is InChI=1S/C22H29N3O3/c1-22(15-26,16-27)24-20-10-9-19(14-23-20)21(28)25-12-5-8-18(11-13-25)17-6-3-2-4-7-17/h2-4,6-7,9-10,14,18,26-27H,5,8,11-13,15-16H2,1H3,(H,23,24)/t18-/m0/s1. The predicted octanol–water partition coefficient (Wildman–Crippen LogP) is 2.65. The van der Waals surface area contributed by atoms with Gasteiger partial charge in [0.25, 0.3) is 5.91 Å². The summed E-state index contributed by atoms with van der Waals surface area (Å²) >= 11 is 0. The van der Waals surface area contributed by atoms with E-state index >= 15 is 0 Å². The van der Waals surface area contributed by atoms with Crippen molar-refractivity contribution < 1.29 is 15.0 Å². The van der Waals surface area contributed by atoms with E-state index in [0.717, 1.165) is 32.4 Å². The average molecular weight is 383 g/mol. The van der Waals surface area contributed by atoms with Crippen molar-refractivity contribution in [2.24, 2.45) is 0 Å². The van der Waals surface area contributed by atoms with Crippen LogP contribution in [0.15, 0.2) is 48.7 Å².